The molecule has 0 saturated heterocycles. The van der Waals surface area contributed by atoms with Crippen LogP contribution in [0.15, 0.2) is 59.7 Å². The molecule has 0 unspecified atom stereocenters. The van der Waals surface area contributed by atoms with Gasteiger partial charge in [0.2, 0.25) is 0 Å². The molecule has 2 aromatic carbocycles. The zero-order valence-electron chi connectivity index (χ0n) is 10.6. The Bertz CT molecular complexity index is 563. The highest BCUT2D eigenvalue weighted by Crippen LogP contribution is 2.20. The molecule has 0 heterocycles. The molecule has 2 aromatic rings. The van der Waals surface area contributed by atoms with Crippen molar-refractivity contribution < 1.29 is 4.74 Å². The average Bonchev–Trinajstić information content (AvgIpc) is 2.46. The zero-order chi connectivity index (χ0) is 13.3. The Kier molecular flexibility index (Phi) is 4.85. The molecule has 0 aliphatic heterocycles. The molecule has 0 aliphatic carbocycles. The minimum atomic E-state index is 0.572. The maximum atomic E-state index is 8.37. The molecule has 0 N–H and O–H groups in total. The molecule has 4 nitrogen and oxygen atoms in total. The third kappa shape index (κ3) is 4.37. The number of benzene rings is 2. The topological polar surface area (TPSA) is 58.0 Å². The van der Waals surface area contributed by atoms with Gasteiger partial charge in [0.05, 0.1) is 6.61 Å². The van der Waals surface area contributed by atoms with Gasteiger partial charge < -0.3 is 4.74 Å². The summed E-state index contributed by atoms with van der Waals surface area (Å²) in [4.78, 5) is 2.75. The van der Waals surface area contributed by atoms with Gasteiger partial charge in [-0.25, -0.2) is 0 Å². The molecular weight excluding hydrogens is 238 g/mol. The number of ether oxygens (including phenoxy) is 1. The normalized spacial score (nSPS) is 9.68. The standard InChI is InChI=1S/C15H15N3O/c16-18-17-14-9-4-10-15(12-14)19-11-5-8-13-6-2-1-3-7-13/h1-4,6-7,9-10,12H,5,8,11H2. The first-order chi connectivity index (χ1) is 9.38. The van der Waals surface area contributed by atoms with E-state index < -0.39 is 0 Å². The van der Waals surface area contributed by atoms with Crippen molar-refractivity contribution in [3.63, 3.8) is 0 Å². The van der Waals surface area contributed by atoms with E-state index in [1.807, 2.05) is 30.3 Å². The summed E-state index contributed by atoms with van der Waals surface area (Å²) >= 11 is 0. The summed E-state index contributed by atoms with van der Waals surface area (Å²) in [6.07, 6.45) is 1.95. The predicted molar refractivity (Wildman–Crippen MR) is 75.5 cm³/mol. The molecule has 0 amide bonds. The van der Waals surface area contributed by atoms with E-state index >= 15 is 0 Å². The van der Waals surface area contributed by atoms with Crippen LogP contribution >= 0.6 is 0 Å². The first-order valence-corrected chi connectivity index (χ1v) is 6.20. The monoisotopic (exact) mass is 253 g/mol. The summed E-state index contributed by atoms with van der Waals surface area (Å²) in [5.41, 5.74) is 10.3. The SMILES string of the molecule is [N-]=[N+]=Nc1cccc(OCCCc2ccccc2)c1. The predicted octanol–water partition coefficient (Wildman–Crippen LogP) is 4.64. The van der Waals surface area contributed by atoms with Crippen molar-refractivity contribution in [2.24, 2.45) is 5.11 Å². The number of aryl methyl sites for hydroxylation is 1. The van der Waals surface area contributed by atoms with Gasteiger partial charge in [-0.15, -0.1) is 0 Å². The van der Waals surface area contributed by atoms with Crippen LogP contribution in [0.1, 0.15) is 12.0 Å². The van der Waals surface area contributed by atoms with Gasteiger partial charge in [0.25, 0.3) is 0 Å². The fourth-order valence-corrected chi connectivity index (χ4v) is 1.80. The van der Waals surface area contributed by atoms with Crippen LogP contribution in [0, 0.1) is 0 Å². The van der Waals surface area contributed by atoms with Gasteiger partial charge in [-0.1, -0.05) is 47.6 Å². The van der Waals surface area contributed by atoms with Crippen LogP contribution in [0.3, 0.4) is 0 Å². The van der Waals surface area contributed by atoms with Crippen LogP contribution in [0.5, 0.6) is 5.75 Å². The van der Waals surface area contributed by atoms with E-state index in [1.54, 1.807) is 12.1 Å². The van der Waals surface area contributed by atoms with Gasteiger partial charge in [0.1, 0.15) is 5.75 Å². The van der Waals surface area contributed by atoms with Gasteiger partial charge >= 0.3 is 0 Å². The third-order valence-electron chi connectivity index (χ3n) is 2.70. The van der Waals surface area contributed by atoms with Crippen molar-refractivity contribution in [1.29, 1.82) is 0 Å². The third-order valence-corrected chi connectivity index (χ3v) is 2.70. The van der Waals surface area contributed by atoms with E-state index in [0.29, 0.717) is 12.3 Å². The minimum absolute atomic E-state index is 0.572. The lowest BCUT2D eigenvalue weighted by molar-refractivity contribution is 0.311. The summed E-state index contributed by atoms with van der Waals surface area (Å²) in [5, 5.41) is 3.54. The van der Waals surface area contributed by atoms with Crippen LogP contribution in [0.4, 0.5) is 5.69 Å². The second kappa shape index (κ2) is 7.09. The van der Waals surface area contributed by atoms with Crippen molar-refractivity contribution >= 4 is 5.69 Å². The largest absolute Gasteiger partial charge is 0.494 e. The van der Waals surface area contributed by atoms with Gasteiger partial charge in [-0.2, -0.15) is 0 Å². The first-order valence-electron chi connectivity index (χ1n) is 6.20. The molecular formula is C15H15N3O. The molecule has 0 aromatic heterocycles. The van der Waals surface area contributed by atoms with Crippen LogP contribution < -0.4 is 4.74 Å². The summed E-state index contributed by atoms with van der Waals surface area (Å²) in [6, 6.07) is 17.5. The molecule has 0 radical (unpaired) electrons. The number of hydrogen-bond acceptors (Lipinski definition) is 2. The van der Waals surface area contributed by atoms with Crippen molar-refractivity contribution in [1.82, 2.24) is 0 Å². The van der Waals surface area contributed by atoms with Crippen molar-refractivity contribution in [3.05, 3.63) is 70.6 Å². The second-order valence-corrected chi connectivity index (χ2v) is 4.12. The highest BCUT2D eigenvalue weighted by molar-refractivity contribution is 5.42. The number of hydrogen-bond donors (Lipinski definition) is 0. The maximum absolute atomic E-state index is 8.37. The second-order valence-electron chi connectivity index (χ2n) is 4.12. The van der Waals surface area contributed by atoms with Gasteiger partial charge in [-0.05, 0) is 36.1 Å². The molecule has 19 heavy (non-hydrogen) atoms. The van der Waals surface area contributed by atoms with Crippen LogP contribution in [-0.2, 0) is 6.42 Å². The molecule has 2 rings (SSSR count). The fraction of sp³-hybridized carbons (Fsp3) is 0.200. The van der Waals surface area contributed by atoms with E-state index in [9.17, 15) is 0 Å². The van der Waals surface area contributed by atoms with E-state index in [1.165, 1.54) is 5.56 Å². The molecule has 0 fully saturated rings. The van der Waals surface area contributed by atoms with E-state index in [4.69, 9.17) is 10.3 Å². The summed E-state index contributed by atoms with van der Waals surface area (Å²) in [5.74, 6) is 0.734. The van der Waals surface area contributed by atoms with E-state index in [0.717, 1.165) is 18.6 Å². The van der Waals surface area contributed by atoms with Gasteiger partial charge in [-0.3, -0.25) is 0 Å². The number of rotatable bonds is 6. The van der Waals surface area contributed by atoms with Gasteiger partial charge in [0.15, 0.2) is 0 Å². The van der Waals surface area contributed by atoms with E-state index in [-0.39, 0.29) is 0 Å². The average molecular weight is 253 g/mol. The smallest absolute Gasteiger partial charge is 0.119 e. The Morgan fingerprint density at radius 1 is 1.05 bits per heavy atom. The van der Waals surface area contributed by atoms with E-state index in [2.05, 4.69) is 22.2 Å². The zero-order valence-corrected chi connectivity index (χ0v) is 10.6. The van der Waals surface area contributed by atoms with Crippen molar-refractivity contribution in [3.8, 4) is 5.75 Å². The van der Waals surface area contributed by atoms with Crippen LogP contribution in [-0.4, -0.2) is 6.61 Å². The number of azide groups is 1. The lowest BCUT2D eigenvalue weighted by atomic mass is 10.1. The lowest BCUT2D eigenvalue weighted by Gasteiger charge is -2.06. The molecule has 0 aliphatic rings. The summed E-state index contributed by atoms with van der Waals surface area (Å²) in [6.45, 7) is 0.647. The summed E-state index contributed by atoms with van der Waals surface area (Å²) < 4.78 is 5.63. The Morgan fingerprint density at radius 2 is 1.89 bits per heavy atom. The molecule has 0 saturated carbocycles. The molecule has 0 bridgehead atoms. The van der Waals surface area contributed by atoms with Crippen LogP contribution in [0.2, 0.25) is 0 Å². The van der Waals surface area contributed by atoms with Gasteiger partial charge in [0, 0.05) is 10.6 Å². The molecule has 96 valence electrons. The van der Waals surface area contributed by atoms with Crippen molar-refractivity contribution in [2.45, 2.75) is 12.8 Å². The number of nitrogens with zero attached hydrogens (tertiary/aromatic N) is 3. The Labute approximate surface area is 112 Å². The van der Waals surface area contributed by atoms with Crippen LogP contribution in [0.25, 0.3) is 10.4 Å². The fourth-order valence-electron chi connectivity index (χ4n) is 1.80. The lowest BCUT2D eigenvalue weighted by Crippen LogP contribution is -1.99. The quantitative estimate of drug-likeness (QED) is 0.320. The summed E-state index contributed by atoms with van der Waals surface area (Å²) in [7, 11) is 0. The molecule has 0 atom stereocenters. The minimum Gasteiger partial charge on any atom is -0.494 e. The Morgan fingerprint density at radius 3 is 2.68 bits per heavy atom. The Balaban J connectivity index is 1.79. The highest BCUT2D eigenvalue weighted by atomic mass is 16.5. The maximum Gasteiger partial charge on any atom is 0.119 e. The molecule has 0 spiro atoms. The Hall–Kier alpha value is -2.45. The first kappa shape index (κ1) is 13.0. The highest BCUT2D eigenvalue weighted by Gasteiger charge is 1.96. The van der Waals surface area contributed by atoms with Crippen molar-refractivity contribution in [2.75, 3.05) is 6.61 Å². The molecule has 4 heteroatoms.